The number of rotatable bonds is 8. The van der Waals surface area contributed by atoms with Crippen LogP contribution in [0.2, 0.25) is 6.82 Å². The molecule has 2 aliphatic carbocycles. The highest BCUT2D eigenvalue weighted by Crippen LogP contribution is 2.55. The van der Waals surface area contributed by atoms with Crippen molar-refractivity contribution in [3.05, 3.63) is 270 Å². The lowest BCUT2D eigenvalue weighted by atomic mass is 9.40. The second kappa shape index (κ2) is 17.2. The van der Waals surface area contributed by atoms with Gasteiger partial charge in [0.05, 0.1) is 5.41 Å². The Kier molecular flexibility index (Phi) is 11.3. The van der Waals surface area contributed by atoms with Gasteiger partial charge in [-0.3, -0.25) is 0 Å². The molecule has 0 saturated carbocycles. The molecule has 0 fully saturated rings. The number of benzene rings is 6. The van der Waals surface area contributed by atoms with Crippen LogP contribution in [-0.2, 0) is 11.8 Å². The summed E-state index contributed by atoms with van der Waals surface area (Å²) in [5.41, 5.74) is 17.5. The highest BCUT2D eigenvalue weighted by atomic mass is 14.5. The normalized spacial score (nSPS) is 17.6. The molecule has 8 rings (SSSR count). The Bertz CT molecular complexity index is 2650. The van der Waals surface area contributed by atoms with Gasteiger partial charge in [0.15, 0.2) is 0 Å². The molecule has 0 N–H and O–H groups in total. The van der Waals surface area contributed by atoms with Gasteiger partial charge in [-0.05, 0) is 86.0 Å². The Labute approximate surface area is 346 Å². The predicted molar refractivity (Wildman–Crippen MR) is 253 cm³/mol. The van der Waals surface area contributed by atoms with Gasteiger partial charge >= 0.3 is 0 Å². The van der Waals surface area contributed by atoms with Crippen molar-refractivity contribution in [3.63, 3.8) is 0 Å². The lowest BCUT2D eigenvalue weighted by Gasteiger charge is -2.43. The van der Waals surface area contributed by atoms with Crippen molar-refractivity contribution in [1.82, 2.24) is 0 Å². The van der Waals surface area contributed by atoms with Gasteiger partial charge in [-0.15, -0.1) is 0 Å². The molecule has 6 aromatic carbocycles. The highest BCUT2D eigenvalue weighted by Gasteiger charge is 2.45. The zero-order chi connectivity index (χ0) is 39.9. The third-order valence-corrected chi connectivity index (χ3v) is 12.0. The second-order valence-electron chi connectivity index (χ2n) is 15.3. The van der Waals surface area contributed by atoms with Gasteiger partial charge in [0.1, 0.15) is 0 Å². The van der Waals surface area contributed by atoms with Crippen molar-refractivity contribution in [2.45, 2.75) is 31.5 Å². The number of fused-ring (bicyclic) bond motifs is 7. The van der Waals surface area contributed by atoms with E-state index < -0.39 is 5.41 Å². The quantitative estimate of drug-likeness (QED) is 0.108. The number of hydrogen-bond acceptors (Lipinski definition) is 0. The molecule has 0 nitrogen and oxygen atoms in total. The zero-order valence-corrected chi connectivity index (χ0v) is 33.4. The number of hydrogen-bond donors (Lipinski definition) is 0. The largest absolute Gasteiger partial charge is 0.207 e. The molecule has 1 unspecified atom stereocenters. The SMILES string of the molecule is C=C\C=C/C=C\C=C1\CC/C=C\c2ccccc2C12C(=C)c1ccccc1-c1ccccc1Cc1ccc(B(C)/C(=C\C(=C)c3ccccc3)c3ccccc3)cc12. The monoisotopic (exact) mass is 744 g/mol. The van der Waals surface area contributed by atoms with Crippen LogP contribution in [0.3, 0.4) is 0 Å². The summed E-state index contributed by atoms with van der Waals surface area (Å²) in [6.45, 7) is 16.1. The molecular formula is C57H49B. The maximum absolute atomic E-state index is 5.22. The molecule has 0 saturated heterocycles. The molecule has 1 spiro atoms. The first-order chi connectivity index (χ1) is 28.5. The number of allylic oxidation sites excluding steroid dienone is 11. The van der Waals surface area contributed by atoms with Crippen LogP contribution >= 0.6 is 0 Å². The van der Waals surface area contributed by atoms with Gasteiger partial charge in [-0.2, -0.15) is 0 Å². The molecule has 0 heterocycles. The molecule has 1 atom stereocenters. The maximum Gasteiger partial charge on any atom is 0.207 e. The van der Waals surface area contributed by atoms with Gasteiger partial charge in [-0.1, -0.05) is 249 Å². The minimum atomic E-state index is -0.693. The standard InChI is InChI=1S/C57H49B/c1-5-6-7-8-15-31-49-32-19-16-26-45-27-18-23-36-54(45)57(49)43(3)51-33-21-22-35-53(51)52-34-20-17-30-47(52)40-48-37-38-50(41-55(48)57)58(4)56(46-28-13-10-14-29-46)39-42(2)44-24-11-9-12-25-44/h5-18,20-31,33-39,41H,1-3,19,32,40H2,4H3/b7-6-,15-8-,26-16-,49-31-,56-39-. The van der Waals surface area contributed by atoms with E-state index in [4.69, 9.17) is 6.58 Å². The van der Waals surface area contributed by atoms with Crippen LogP contribution in [0.1, 0.15) is 57.3 Å². The first-order valence-corrected chi connectivity index (χ1v) is 20.4. The predicted octanol–water partition coefficient (Wildman–Crippen LogP) is 14.0. The van der Waals surface area contributed by atoms with E-state index in [2.05, 4.69) is 208 Å². The highest BCUT2D eigenvalue weighted by molar-refractivity contribution is 6.89. The Morgan fingerprint density at radius 3 is 2.07 bits per heavy atom. The first-order valence-electron chi connectivity index (χ1n) is 20.4. The summed E-state index contributed by atoms with van der Waals surface area (Å²) in [5, 5.41) is 0. The van der Waals surface area contributed by atoms with E-state index in [-0.39, 0.29) is 6.71 Å². The van der Waals surface area contributed by atoms with Gasteiger partial charge in [0, 0.05) is 0 Å². The van der Waals surface area contributed by atoms with Crippen molar-refractivity contribution in [2.75, 3.05) is 0 Å². The Balaban J connectivity index is 1.46. The summed E-state index contributed by atoms with van der Waals surface area (Å²) in [6, 6.07) is 55.4. The lowest BCUT2D eigenvalue weighted by molar-refractivity contribution is 0.713. The van der Waals surface area contributed by atoms with E-state index in [1.807, 2.05) is 18.2 Å². The van der Waals surface area contributed by atoms with Crippen LogP contribution in [0.15, 0.2) is 226 Å². The van der Waals surface area contributed by atoms with Crippen LogP contribution < -0.4 is 5.46 Å². The summed E-state index contributed by atoms with van der Waals surface area (Å²) in [7, 11) is 0. The molecular weight excluding hydrogens is 695 g/mol. The molecule has 0 amide bonds. The molecule has 0 aromatic heterocycles. The molecule has 280 valence electrons. The average molecular weight is 745 g/mol. The van der Waals surface area contributed by atoms with Gasteiger partial charge in [0.2, 0.25) is 6.71 Å². The first kappa shape index (κ1) is 38.2. The third kappa shape index (κ3) is 7.33. The van der Waals surface area contributed by atoms with E-state index >= 15 is 0 Å². The zero-order valence-electron chi connectivity index (χ0n) is 33.4. The minimum Gasteiger partial charge on any atom is -0.0991 e. The summed E-state index contributed by atoms with van der Waals surface area (Å²) >= 11 is 0. The van der Waals surface area contributed by atoms with E-state index in [0.717, 1.165) is 36.0 Å². The van der Waals surface area contributed by atoms with Crippen LogP contribution in [0.5, 0.6) is 0 Å². The average Bonchev–Trinajstić information content (AvgIpc) is 3.30. The van der Waals surface area contributed by atoms with E-state index in [1.165, 1.54) is 66.6 Å². The summed E-state index contributed by atoms with van der Waals surface area (Å²) in [5.74, 6) is 0. The van der Waals surface area contributed by atoms with Crippen molar-refractivity contribution in [3.8, 4) is 11.1 Å². The molecule has 1 heteroatoms. The molecule has 58 heavy (non-hydrogen) atoms. The lowest BCUT2D eigenvalue weighted by Crippen LogP contribution is -2.37. The Hall–Kier alpha value is -6.70. The van der Waals surface area contributed by atoms with Crippen molar-refractivity contribution in [2.24, 2.45) is 0 Å². The van der Waals surface area contributed by atoms with Crippen molar-refractivity contribution >= 4 is 34.9 Å². The van der Waals surface area contributed by atoms with E-state index in [1.54, 1.807) is 0 Å². The fraction of sp³-hybridized carbons (Fsp3) is 0.0877. The van der Waals surface area contributed by atoms with Gasteiger partial charge in [-0.25, -0.2) is 0 Å². The van der Waals surface area contributed by atoms with Gasteiger partial charge in [0.25, 0.3) is 0 Å². The summed E-state index contributed by atoms with van der Waals surface area (Å²) in [4.78, 5) is 0. The van der Waals surface area contributed by atoms with Crippen LogP contribution in [0, 0.1) is 0 Å². The van der Waals surface area contributed by atoms with Gasteiger partial charge < -0.3 is 0 Å². The van der Waals surface area contributed by atoms with Crippen LogP contribution in [0.4, 0.5) is 0 Å². The molecule has 0 aliphatic heterocycles. The smallest absolute Gasteiger partial charge is 0.0991 e. The summed E-state index contributed by atoms with van der Waals surface area (Å²) in [6.07, 6.45) is 22.0. The Morgan fingerprint density at radius 2 is 1.29 bits per heavy atom. The molecule has 2 aliphatic rings. The molecule has 6 aromatic rings. The van der Waals surface area contributed by atoms with Crippen LogP contribution in [-0.4, -0.2) is 6.71 Å². The third-order valence-electron chi connectivity index (χ3n) is 12.0. The van der Waals surface area contributed by atoms with Crippen LogP contribution in [0.25, 0.3) is 33.8 Å². The minimum absolute atomic E-state index is 0.0470. The molecule has 0 bridgehead atoms. The van der Waals surface area contributed by atoms with Crippen molar-refractivity contribution < 1.29 is 0 Å². The van der Waals surface area contributed by atoms with E-state index in [9.17, 15) is 0 Å². The Morgan fingerprint density at radius 1 is 0.638 bits per heavy atom. The topological polar surface area (TPSA) is 0 Å². The molecule has 0 radical (unpaired) electrons. The second-order valence-corrected chi connectivity index (χ2v) is 15.3. The van der Waals surface area contributed by atoms with Crippen molar-refractivity contribution in [1.29, 1.82) is 0 Å². The fourth-order valence-corrected chi connectivity index (χ4v) is 9.10. The summed E-state index contributed by atoms with van der Waals surface area (Å²) < 4.78 is 0. The van der Waals surface area contributed by atoms with E-state index in [0.29, 0.717) is 0 Å². The maximum atomic E-state index is 5.22. The fourth-order valence-electron chi connectivity index (χ4n) is 9.10.